The van der Waals surface area contributed by atoms with Crippen LogP contribution in [0, 0.1) is 0 Å². The van der Waals surface area contributed by atoms with Gasteiger partial charge < -0.3 is 30.3 Å². The van der Waals surface area contributed by atoms with Crippen LogP contribution in [0.3, 0.4) is 0 Å². The average molecular weight is 533 g/mol. The van der Waals surface area contributed by atoms with Gasteiger partial charge in [-0.15, -0.1) is 5.10 Å². The molecule has 2 aliphatic heterocycles. The number of nitrogens with zero attached hydrogens (tertiary/aromatic N) is 8. The van der Waals surface area contributed by atoms with Gasteiger partial charge in [0.05, 0.1) is 18.8 Å². The Hall–Kier alpha value is -4.66. The topological polar surface area (TPSA) is 225 Å². The van der Waals surface area contributed by atoms with Crippen molar-refractivity contribution in [2.75, 3.05) is 26.2 Å². The van der Waals surface area contributed by atoms with E-state index >= 15 is 0 Å². The molecule has 0 saturated carbocycles. The predicted molar refractivity (Wildman–Crippen MR) is 127 cm³/mol. The fourth-order valence-corrected chi connectivity index (χ4v) is 4.34. The average Bonchev–Trinajstić information content (AvgIpc) is 3.64. The minimum atomic E-state index is -1.21. The molecule has 0 unspecified atom stereocenters. The Balaban J connectivity index is 1.52. The zero-order chi connectivity index (χ0) is 27.7. The molecule has 38 heavy (non-hydrogen) atoms. The molecule has 1 aromatic rings. The molecule has 3 rings (SSSR count). The van der Waals surface area contributed by atoms with Crippen molar-refractivity contribution in [2.24, 2.45) is 5.11 Å². The second-order valence-electron chi connectivity index (χ2n) is 8.62. The molecular formula is C21H28N10O7. The number of azide groups is 1. The summed E-state index contributed by atoms with van der Waals surface area (Å²) in [4.78, 5) is 66.1. The molecular weight excluding hydrogens is 504 g/mol. The van der Waals surface area contributed by atoms with Gasteiger partial charge in [-0.3, -0.25) is 14.4 Å². The summed E-state index contributed by atoms with van der Waals surface area (Å²) in [6.07, 6.45) is 3.21. The van der Waals surface area contributed by atoms with Crippen molar-refractivity contribution in [3.8, 4) is 0 Å². The van der Waals surface area contributed by atoms with Crippen molar-refractivity contribution in [1.82, 2.24) is 35.4 Å². The van der Waals surface area contributed by atoms with Crippen LogP contribution in [-0.2, 0) is 37.0 Å². The van der Waals surface area contributed by atoms with Crippen LogP contribution in [0.5, 0.6) is 0 Å². The van der Waals surface area contributed by atoms with E-state index in [1.807, 2.05) is 0 Å². The van der Waals surface area contributed by atoms with Gasteiger partial charge in [0.2, 0.25) is 17.7 Å². The number of alkyl carbamates (subject to hydrolysis) is 1. The predicted octanol–water partition coefficient (Wildman–Crippen LogP) is -0.838. The lowest BCUT2D eigenvalue weighted by Crippen LogP contribution is -2.46. The molecule has 17 nitrogen and oxygen atoms in total. The first-order valence-electron chi connectivity index (χ1n) is 11.8. The Labute approximate surface area is 216 Å². The number of aromatic nitrogens is 3. The fourth-order valence-electron chi connectivity index (χ4n) is 4.34. The Morgan fingerprint density at radius 3 is 2.76 bits per heavy atom. The van der Waals surface area contributed by atoms with Crippen molar-refractivity contribution >= 4 is 29.8 Å². The third kappa shape index (κ3) is 7.19. The van der Waals surface area contributed by atoms with E-state index in [-0.39, 0.29) is 39.2 Å². The zero-order valence-corrected chi connectivity index (χ0v) is 20.4. The summed E-state index contributed by atoms with van der Waals surface area (Å²) in [5, 5.41) is 25.8. The van der Waals surface area contributed by atoms with Crippen molar-refractivity contribution < 1.29 is 33.8 Å². The van der Waals surface area contributed by atoms with E-state index in [9.17, 15) is 29.1 Å². The molecule has 2 saturated heterocycles. The highest BCUT2D eigenvalue weighted by atomic mass is 16.5. The normalized spacial score (nSPS) is 20.4. The van der Waals surface area contributed by atoms with E-state index in [2.05, 4.69) is 37.6 Å². The van der Waals surface area contributed by atoms with Crippen molar-refractivity contribution in [2.45, 2.75) is 50.5 Å². The Morgan fingerprint density at radius 2 is 2.05 bits per heavy atom. The first-order valence-corrected chi connectivity index (χ1v) is 11.8. The van der Waals surface area contributed by atoms with Crippen LogP contribution < -0.4 is 10.6 Å². The maximum atomic E-state index is 12.8. The standard InChI is InChI=1S/C21H28N10O7/c1-2-6-38-21(37)25-13-7-16(20(35)36)31(11-13)18(33)12-29-10-14(26-28-29)8-23-19(34)15-4-3-5-30(15)17(32)9-24-27-22/h2,10,13,15-16H,1,3-9,11-12H2,(H,23,34)(H,25,37)(H,35,36)/t13-,15+,16+/m1/s1. The molecule has 17 heteroatoms. The second kappa shape index (κ2) is 13.0. The molecule has 3 N–H and O–H groups in total. The lowest BCUT2D eigenvalue weighted by Gasteiger charge is -2.23. The summed E-state index contributed by atoms with van der Waals surface area (Å²) >= 11 is 0. The number of likely N-dealkylation sites (tertiary alicyclic amines) is 2. The van der Waals surface area contributed by atoms with E-state index in [1.165, 1.54) is 21.9 Å². The van der Waals surface area contributed by atoms with E-state index in [1.54, 1.807) is 0 Å². The lowest BCUT2D eigenvalue weighted by atomic mass is 10.2. The van der Waals surface area contributed by atoms with Crippen LogP contribution >= 0.6 is 0 Å². The summed E-state index contributed by atoms with van der Waals surface area (Å²) < 4.78 is 6.06. The number of carboxylic acids is 1. The smallest absolute Gasteiger partial charge is 0.407 e. The minimum Gasteiger partial charge on any atom is -0.480 e. The maximum absolute atomic E-state index is 12.8. The van der Waals surface area contributed by atoms with Crippen LogP contribution in [0.1, 0.15) is 25.0 Å². The molecule has 1 aromatic heterocycles. The first kappa shape index (κ1) is 27.9. The summed E-state index contributed by atoms with van der Waals surface area (Å²) in [6, 6.07) is -2.43. The molecule has 204 valence electrons. The number of nitrogens with one attached hydrogen (secondary N) is 2. The minimum absolute atomic E-state index is 0.00685. The number of carbonyl (C=O) groups excluding carboxylic acids is 4. The third-order valence-corrected chi connectivity index (χ3v) is 6.03. The first-order chi connectivity index (χ1) is 18.2. The molecule has 2 fully saturated rings. The Morgan fingerprint density at radius 1 is 1.26 bits per heavy atom. The van der Waals surface area contributed by atoms with Crippen LogP contribution in [0.25, 0.3) is 10.4 Å². The molecule has 4 amide bonds. The highest BCUT2D eigenvalue weighted by Gasteiger charge is 2.40. The van der Waals surface area contributed by atoms with Crippen LogP contribution in [0.15, 0.2) is 24.0 Å². The van der Waals surface area contributed by atoms with Gasteiger partial charge in [0.1, 0.15) is 37.5 Å². The number of hydrogen-bond acceptors (Lipinski definition) is 9. The highest BCUT2D eigenvalue weighted by Crippen LogP contribution is 2.20. The lowest BCUT2D eigenvalue weighted by molar-refractivity contribution is -0.148. The number of carboxylic acid groups (broad SMARTS) is 1. The molecule has 0 radical (unpaired) electrons. The quantitative estimate of drug-likeness (QED) is 0.140. The van der Waals surface area contributed by atoms with Gasteiger partial charge in [0.25, 0.3) is 0 Å². The summed E-state index contributed by atoms with van der Waals surface area (Å²) in [5.74, 6) is -2.57. The van der Waals surface area contributed by atoms with Crippen molar-refractivity contribution in [3.05, 3.63) is 35.0 Å². The second-order valence-corrected chi connectivity index (χ2v) is 8.62. The van der Waals surface area contributed by atoms with Gasteiger partial charge in [-0.25, -0.2) is 14.3 Å². The number of carbonyl (C=O) groups is 5. The molecule has 3 heterocycles. The summed E-state index contributed by atoms with van der Waals surface area (Å²) in [6.45, 7) is 3.12. The van der Waals surface area contributed by atoms with Gasteiger partial charge in [-0.1, -0.05) is 23.0 Å². The SMILES string of the molecule is C=CCOC(=O)N[C@@H]1C[C@@H](C(=O)O)N(C(=O)Cn2cc(CNC(=O)[C@@H]3CCCN3C(=O)CN=[N+]=[N-])nn2)C1. The van der Waals surface area contributed by atoms with Gasteiger partial charge in [0, 0.05) is 24.4 Å². The van der Waals surface area contributed by atoms with Gasteiger partial charge in [-0.05, 0) is 18.4 Å². The Kier molecular flexibility index (Phi) is 9.59. The van der Waals surface area contributed by atoms with E-state index in [4.69, 9.17) is 10.3 Å². The number of amides is 4. The number of aliphatic carboxylic acids is 1. The highest BCUT2D eigenvalue weighted by molar-refractivity contribution is 5.89. The van der Waals surface area contributed by atoms with Crippen molar-refractivity contribution in [1.29, 1.82) is 0 Å². The molecule has 3 atom stereocenters. The van der Waals surface area contributed by atoms with Crippen molar-refractivity contribution in [3.63, 3.8) is 0 Å². The van der Waals surface area contributed by atoms with E-state index in [0.29, 0.717) is 25.1 Å². The number of ether oxygens (including phenoxy) is 1. The van der Waals surface area contributed by atoms with Crippen LogP contribution in [0.2, 0.25) is 0 Å². The number of rotatable bonds is 11. The zero-order valence-electron chi connectivity index (χ0n) is 20.4. The summed E-state index contributed by atoms with van der Waals surface area (Å²) in [5.41, 5.74) is 8.73. The molecule has 2 aliphatic rings. The number of hydrogen-bond donors (Lipinski definition) is 3. The molecule has 0 spiro atoms. The van der Waals surface area contributed by atoms with Gasteiger partial charge in [0.15, 0.2) is 0 Å². The summed E-state index contributed by atoms with van der Waals surface area (Å²) in [7, 11) is 0. The maximum Gasteiger partial charge on any atom is 0.407 e. The molecule has 0 aromatic carbocycles. The largest absolute Gasteiger partial charge is 0.480 e. The van der Waals surface area contributed by atoms with Gasteiger partial charge in [-0.2, -0.15) is 0 Å². The third-order valence-electron chi connectivity index (χ3n) is 6.03. The fraction of sp³-hybridized carbons (Fsp3) is 0.571. The monoisotopic (exact) mass is 532 g/mol. The Bertz CT molecular complexity index is 1130. The van der Waals surface area contributed by atoms with E-state index in [0.717, 1.165) is 4.90 Å². The van der Waals surface area contributed by atoms with Crippen LogP contribution in [-0.4, -0.2) is 104 Å². The van der Waals surface area contributed by atoms with Crippen LogP contribution in [0.4, 0.5) is 4.79 Å². The van der Waals surface area contributed by atoms with E-state index < -0.39 is 47.9 Å². The van der Waals surface area contributed by atoms with Gasteiger partial charge >= 0.3 is 12.1 Å². The molecule has 0 aliphatic carbocycles. The molecule has 0 bridgehead atoms.